The molecule has 0 radical (unpaired) electrons. The molecule has 2 rings (SSSR count). The van der Waals surface area contributed by atoms with Gasteiger partial charge in [0.15, 0.2) is 0 Å². The van der Waals surface area contributed by atoms with Gasteiger partial charge < -0.3 is 10.4 Å². The SMILES string of the molecule is CCC1CCC(O)(CNc2cc(Br)nc(C(C)C)n2)CC1. The standard InChI is InChI=1S/C16H26BrN3O/c1-4-12-5-7-16(21,8-6-12)10-18-14-9-13(17)19-15(20-14)11(2)3/h9,11-12,21H,4-8,10H2,1-3H3,(H,18,19,20). The molecule has 0 aromatic carbocycles. The molecule has 0 atom stereocenters. The zero-order chi connectivity index (χ0) is 15.5. The first-order valence-electron chi connectivity index (χ1n) is 7.92. The highest BCUT2D eigenvalue weighted by Gasteiger charge is 2.32. The van der Waals surface area contributed by atoms with Gasteiger partial charge in [0, 0.05) is 18.5 Å². The summed E-state index contributed by atoms with van der Waals surface area (Å²) < 4.78 is 0.783. The molecule has 2 N–H and O–H groups in total. The fourth-order valence-electron chi connectivity index (χ4n) is 2.84. The van der Waals surface area contributed by atoms with E-state index in [1.807, 2.05) is 6.07 Å². The van der Waals surface area contributed by atoms with Crippen molar-refractivity contribution in [3.8, 4) is 0 Å². The van der Waals surface area contributed by atoms with Crippen molar-refractivity contribution in [1.82, 2.24) is 9.97 Å². The lowest BCUT2D eigenvalue weighted by atomic mass is 9.78. The second kappa shape index (κ2) is 7.05. The van der Waals surface area contributed by atoms with Gasteiger partial charge in [-0.3, -0.25) is 0 Å². The van der Waals surface area contributed by atoms with Gasteiger partial charge in [0.25, 0.3) is 0 Å². The number of anilines is 1. The van der Waals surface area contributed by atoms with Crippen LogP contribution >= 0.6 is 15.9 Å². The third kappa shape index (κ3) is 4.65. The maximum Gasteiger partial charge on any atom is 0.134 e. The minimum Gasteiger partial charge on any atom is -0.388 e. The molecule has 118 valence electrons. The Morgan fingerprint density at radius 1 is 1.38 bits per heavy atom. The second-order valence-corrected chi connectivity index (χ2v) is 7.33. The number of aromatic nitrogens is 2. The van der Waals surface area contributed by atoms with Crippen LogP contribution in [0.4, 0.5) is 5.82 Å². The van der Waals surface area contributed by atoms with Gasteiger partial charge in [0.05, 0.1) is 5.60 Å². The van der Waals surface area contributed by atoms with Crippen LogP contribution in [0.3, 0.4) is 0 Å². The average molecular weight is 356 g/mol. The molecule has 21 heavy (non-hydrogen) atoms. The highest BCUT2D eigenvalue weighted by atomic mass is 79.9. The third-order valence-electron chi connectivity index (χ3n) is 4.44. The van der Waals surface area contributed by atoms with E-state index in [9.17, 15) is 5.11 Å². The fourth-order valence-corrected chi connectivity index (χ4v) is 3.24. The molecule has 1 heterocycles. The molecule has 1 saturated carbocycles. The Morgan fingerprint density at radius 3 is 2.62 bits per heavy atom. The quantitative estimate of drug-likeness (QED) is 0.780. The number of rotatable bonds is 5. The fraction of sp³-hybridized carbons (Fsp3) is 0.750. The first-order valence-corrected chi connectivity index (χ1v) is 8.72. The summed E-state index contributed by atoms with van der Waals surface area (Å²) in [5, 5.41) is 14.0. The van der Waals surface area contributed by atoms with E-state index in [4.69, 9.17) is 0 Å². The molecule has 0 amide bonds. The molecule has 0 unspecified atom stereocenters. The van der Waals surface area contributed by atoms with E-state index in [1.54, 1.807) is 0 Å². The molecule has 0 saturated heterocycles. The molecule has 4 nitrogen and oxygen atoms in total. The number of hydrogen-bond acceptors (Lipinski definition) is 4. The summed E-state index contributed by atoms with van der Waals surface area (Å²) in [6.45, 7) is 6.94. The highest BCUT2D eigenvalue weighted by molar-refractivity contribution is 9.10. The van der Waals surface area contributed by atoms with Crippen LogP contribution < -0.4 is 5.32 Å². The molecule has 5 heteroatoms. The summed E-state index contributed by atoms with van der Waals surface area (Å²) in [7, 11) is 0. The van der Waals surface area contributed by atoms with E-state index >= 15 is 0 Å². The molecule has 1 aliphatic carbocycles. The largest absolute Gasteiger partial charge is 0.388 e. The second-order valence-electron chi connectivity index (χ2n) is 6.52. The zero-order valence-electron chi connectivity index (χ0n) is 13.2. The lowest BCUT2D eigenvalue weighted by molar-refractivity contribution is 0.00222. The van der Waals surface area contributed by atoms with Crippen LogP contribution in [0.5, 0.6) is 0 Å². The summed E-state index contributed by atoms with van der Waals surface area (Å²) in [5.74, 6) is 2.66. The monoisotopic (exact) mass is 355 g/mol. The Balaban J connectivity index is 1.96. The van der Waals surface area contributed by atoms with E-state index in [0.29, 0.717) is 6.54 Å². The summed E-state index contributed by atoms with van der Waals surface area (Å²) in [4.78, 5) is 8.89. The van der Waals surface area contributed by atoms with Crippen LogP contribution in [0.1, 0.15) is 64.6 Å². The van der Waals surface area contributed by atoms with E-state index in [-0.39, 0.29) is 5.92 Å². The Morgan fingerprint density at radius 2 is 2.05 bits per heavy atom. The number of aliphatic hydroxyl groups is 1. The van der Waals surface area contributed by atoms with Gasteiger partial charge in [0.1, 0.15) is 16.2 Å². The van der Waals surface area contributed by atoms with Gasteiger partial charge in [-0.15, -0.1) is 0 Å². The van der Waals surface area contributed by atoms with Crippen LogP contribution in [0.2, 0.25) is 0 Å². The highest BCUT2D eigenvalue weighted by Crippen LogP contribution is 2.33. The minimum atomic E-state index is -0.596. The van der Waals surface area contributed by atoms with E-state index in [0.717, 1.165) is 47.8 Å². The maximum atomic E-state index is 10.7. The summed E-state index contributed by atoms with van der Waals surface area (Å²) in [5.41, 5.74) is -0.596. The molecule has 0 bridgehead atoms. The molecule has 0 aliphatic heterocycles. The molecule has 1 aromatic rings. The minimum absolute atomic E-state index is 0.283. The Labute approximate surface area is 135 Å². The number of nitrogens with one attached hydrogen (secondary N) is 1. The first-order chi connectivity index (χ1) is 9.92. The number of nitrogens with zero attached hydrogens (tertiary/aromatic N) is 2. The Hall–Kier alpha value is -0.680. The summed E-state index contributed by atoms with van der Waals surface area (Å²) in [6.07, 6.45) is 5.22. The van der Waals surface area contributed by atoms with Gasteiger partial charge in [-0.05, 0) is 47.5 Å². The number of hydrogen-bond donors (Lipinski definition) is 2. The molecule has 1 fully saturated rings. The van der Waals surface area contributed by atoms with Crippen molar-refractivity contribution < 1.29 is 5.11 Å². The van der Waals surface area contributed by atoms with Crippen molar-refractivity contribution in [3.05, 3.63) is 16.5 Å². The first kappa shape index (κ1) is 16.7. The van der Waals surface area contributed by atoms with Crippen molar-refractivity contribution in [2.75, 3.05) is 11.9 Å². The van der Waals surface area contributed by atoms with E-state index in [2.05, 4.69) is 52.0 Å². The average Bonchev–Trinajstić information content (AvgIpc) is 2.45. The molecule has 1 aromatic heterocycles. The summed E-state index contributed by atoms with van der Waals surface area (Å²) in [6, 6.07) is 1.87. The van der Waals surface area contributed by atoms with Crippen molar-refractivity contribution in [2.24, 2.45) is 5.92 Å². The Bertz CT molecular complexity index is 471. The van der Waals surface area contributed by atoms with Crippen molar-refractivity contribution in [1.29, 1.82) is 0 Å². The molecular weight excluding hydrogens is 330 g/mol. The van der Waals surface area contributed by atoms with Crippen LogP contribution in [0.25, 0.3) is 0 Å². The lowest BCUT2D eigenvalue weighted by Gasteiger charge is -2.36. The van der Waals surface area contributed by atoms with Crippen molar-refractivity contribution in [2.45, 2.75) is 64.4 Å². The van der Waals surface area contributed by atoms with Gasteiger partial charge in [0.2, 0.25) is 0 Å². The Kier molecular flexibility index (Phi) is 5.60. The van der Waals surface area contributed by atoms with Crippen LogP contribution in [0, 0.1) is 5.92 Å². The van der Waals surface area contributed by atoms with Crippen molar-refractivity contribution in [3.63, 3.8) is 0 Å². The van der Waals surface area contributed by atoms with Gasteiger partial charge in [-0.1, -0.05) is 27.2 Å². The van der Waals surface area contributed by atoms with Gasteiger partial charge >= 0.3 is 0 Å². The van der Waals surface area contributed by atoms with Crippen LogP contribution in [-0.4, -0.2) is 27.2 Å². The topological polar surface area (TPSA) is 58.0 Å². The van der Waals surface area contributed by atoms with Crippen LogP contribution in [0.15, 0.2) is 10.7 Å². The molecule has 0 spiro atoms. The lowest BCUT2D eigenvalue weighted by Crippen LogP contribution is -2.40. The molecular formula is C16H26BrN3O. The predicted octanol–water partition coefficient (Wildman–Crippen LogP) is 4.11. The van der Waals surface area contributed by atoms with Gasteiger partial charge in [-0.25, -0.2) is 9.97 Å². The third-order valence-corrected chi connectivity index (χ3v) is 4.85. The zero-order valence-corrected chi connectivity index (χ0v) is 14.8. The maximum absolute atomic E-state index is 10.7. The molecule has 1 aliphatic rings. The van der Waals surface area contributed by atoms with Crippen LogP contribution in [-0.2, 0) is 0 Å². The normalized spacial score (nSPS) is 26.1. The van der Waals surface area contributed by atoms with E-state index < -0.39 is 5.60 Å². The smallest absolute Gasteiger partial charge is 0.134 e. The summed E-state index contributed by atoms with van der Waals surface area (Å²) >= 11 is 3.42. The van der Waals surface area contributed by atoms with E-state index in [1.165, 1.54) is 6.42 Å². The van der Waals surface area contributed by atoms with Gasteiger partial charge in [-0.2, -0.15) is 0 Å². The number of halogens is 1. The van der Waals surface area contributed by atoms with Crippen molar-refractivity contribution >= 4 is 21.7 Å². The predicted molar refractivity (Wildman–Crippen MR) is 89.5 cm³/mol.